The van der Waals surface area contributed by atoms with Crippen LogP contribution in [0.3, 0.4) is 0 Å². The minimum absolute atomic E-state index is 0.137. The monoisotopic (exact) mass is 223 g/mol. The van der Waals surface area contributed by atoms with Crippen LogP contribution >= 0.6 is 0 Å². The zero-order chi connectivity index (χ0) is 11.4. The number of aliphatic carboxylic acids is 1. The molecule has 0 atom stereocenters. The number of nitrogens with zero attached hydrogens (tertiary/aromatic N) is 3. The highest BCUT2D eigenvalue weighted by molar-refractivity contribution is 5.69. The molecule has 1 N–H and O–H groups in total. The Morgan fingerprint density at radius 2 is 2.38 bits per heavy atom. The number of carboxylic acids is 1. The molecule has 0 amide bonds. The molecule has 0 spiro atoms. The van der Waals surface area contributed by atoms with E-state index in [9.17, 15) is 4.79 Å². The fraction of sp³-hybridized carbons (Fsp3) is 0.636. The van der Waals surface area contributed by atoms with Gasteiger partial charge in [-0.3, -0.25) is 14.4 Å². The fourth-order valence-electron chi connectivity index (χ4n) is 1.77. The van der Waals surface area contributed by atoms with Gasteiger partial charge in [0.2, 0.25) is 0 Å². The molecule has 2 rings (SSSR count). The third-order valence-electron chi connectivity index (χ3n) is 2.78. The highest BCUT2D eigenvalue weighted by Gasteiger charge is 2.24. The Labute approximate surface area is 94.7 Å². The van der Waals surface area contributed by atoms with E-state index >= 15 is 0 Å². The number of hydrogen-bond acceptors (Lipinski definition) is 3. The Morgan fingerprint density at radius 3 is 2.94 bits per heavy atom. The lowest BCUT2D eigenvalue weighted by Crippen LogP contribution is -2.34. The van der Waals surface area contributed by atoms with Crippen LogP contribution in [0, 0.1) is 5.92 Å². The van der Waals surface area contributed by atoms with E-state index in [0.717, 1.165) is 25.6 Å². The molecule has 1 heterocycles. The van der Waals surface area contributed by atoms with Gasteiger partial charge in [-0.05, 0) is 24.8 Å². The molecule has 1 aliphatic carbocycles. The second-order valence-corrected chi connectivity index (χ2v) is 4.34. The van der Waals surface area contributed by atoms with Crippen LogP contribution in [0.25, 0.3) is 0 Å². The zero-order valence-corrected chi connectivity index (χ0v) is 9.25. The first-order valence-corrected chi connectivity index (χ1v) is 5.65. The van der Waals surface area contributed by atoms with E-state index in [1.165, 1.54) is 12.8 Å². The van der Waals surface area contributed by atoms with Crippen molar-refractivity contribution in [3.8, 4) is 0 Å². The predicted octanol–water partition coefficient (Wildman–Crippen LogP) is 0.680. The lowest BCUT2D eigenvalue weighted by Gasteiger charge is -2.19. The first-order valence-electron chi connectivity index (χ1n) is 5.65. The smallest absolute Gasteiger partial charge is 0.317 e. The molecule has 1 fully saturated rings. The lowest BCUT2D eigenvalue weighted by molar-refractivity contribution is -0.138. The Hall–Kier alpha value is -1.36. The minimum atomic E-state index is -0.749. The average molecular weight is 223 g/mol. The Kier molecular flexibility index (Phi) is 3.56. The summed E-state index contributed by atoms with van der Waals surface area (Å²) in [5.41, 5.74) is 0. The summed E-state index contributed by atoms with van der Waals surface area (Å²) < 4.78 is 1.84. The van der Waals surface area contributed by atoms with Crippen LogP contribution in [0.2, 0.25) is 0 Å². The van der Waals surface area contributed by atoms with E-state index in [-0.39, 0.29) is 6.54 Å². The van der Waals surface area contributed by atoms with E-state index in [4.69, 9.17) is 5.11 Å². The minimum Gasteiger partial charge on any atom is -0.480 e. The Balaban J connectivity index is 1.78. The molecule has 5 nitrogen and oxygen atoms in total. The first-order chi connectivity index (χ1) is 7.74. The van der Waals surface area contributed by atoms with Crippen LogP contribution in [-0.2, 0) is 11.3 Å². The Morgan fingerprint density at radius 1 is 1.56 bits per heavy atom. The van der Waals surface area contributed by atoms with Crippen LogP contribution in [0.1, 0.15) is 12.8 Å². The average Bonchev–Trinajstić information content (AvgIpc) is 2.89. The third kappa shape index (κ3) is 3.66. The normalized spacial score (nSPS) is 15.6. The largest absolute Gasteiger partial charge is 0.480 e. The lowest BCUT2D eigenvalue weighted by atomic mass is 10.3. The molecule has 16 heavy (non-hydrogen) atoms. The molecular weight excluding hydrogens is 206 g/mol. The van der Waals surface area contributed by atoms with Crippen molar-refractivity contribution in [2.45, 2.75) is 19.4 Å². The van der Waals surface area contributed by atoms with Crippen molar-refractivity contribution in [2.75, 3.05) is 19.6 Å². The number of carbonyl (C=O) groups is 1. The summed E-state index contributed by atoms with van der Waals surface area (Å²) in [6.07, 6.45) is 6.13. The molecule has 0 radical (unpaired) electrons. The molecule has 1 aliphatic rings. The van der Waals surface area contributed by atoms with Crippen LogP contribution in [-0.4, -0.2) is 45.4 Å². The van der Waals surface area contributed by atoms with Crippen molar-refractivity contribution in [3.05, 3.63) is 18.5 Å². The summed E-state index contributed by atoms with van der Waals surface area (Å²) in [6.45, 7) is 2.56. The highest BCUT2D eigenvalue weighted by atomic mass is 16.4. The maximum absolute atomic E-state index is 10.7. The van der Waals surface area contributed by atoms with Gasteiger partial charge in [0.25, 0.3) is 0 Å². The standard InChI is InChI=1S/C11H17N3O2/c15-11(16)9-13(8-10-2-3-10)6-7-14-5-1-4-12-14/h1,4-5,10H,2-3,6-9H2,(H,15,16). The molecule has 1 aromatic rings. The topological polar surface area (TPSA) is 58.4 Å². The molecule has 1 aromatic heterocycles. The summed E-state index contributed by atoms with van der Waals surface area (Å²) >= 11 is 0. The van der Waals surface area contributed by atoms with Gasteiger partial charge in [0.15, 0.2) is 0 Å². The van der Waals surface area contributed by atoms with Gasteiger partial charge in [-0.25, -0.2) is 0 Å². The molecule has 1 saturated carbocycles. The molecule has 0 aliphatic heterocycles. The van der Waals surface area contributed by atoms with Crippen LogP contribution in [0.15, 0.2) is 18.5 Å². The van der Waals surface area contributed by atoms with E-state index in [1.54, 1.807) is 6.20 Å². The second kappa shape index (κ2) is 5.12. The fourth-order valence-corrected chi connectivity index (χ4v) is 1.77. The molecular formula is C11H17N3O2. The molecule has 5 heteroatoms. The van der Waals surface area contributed by atoms with Crippen LogP contribution in [0.4, 0.5) is 0 Å². The molecule has 0 aromatic carbocycles. The van der Waals surface area contributed by atoms with Gasteiger partial charge in [0, 0.05) is 25.5 Å². The quantitative estimate of drug-likeness (QED) is 0.738. The maximum Gasteiger partial charge on any atom is 0.317 e. The van der Waals surface area contributed by atoms with Gasteiger partial charge >= 0.3 is 5.97 Å². The second-order valence-electron chi connectivity index (χ2n) is 4.34. The maximum atomic E-state index is 10.7. The van der Waals surface area contributed by atoms with Gasteiger partial charge in [-0.2, -0.15) is 5.10 Å². The summed E-state index contributed by atoms with van der Waals surface area (Å²) in [5.74, 6) is -0.0295. The molecule has 0 bridgehead atoms. The summed E-state index contributed by atoms with van der Waals surface area (Å²) in [6, 6.07) is 1.88. The van der Waals surface area contributed by atoms with Gasteiger partial charge in [-0.1, -0.05) is 0 Å². The van der Waals surface area contributed by atoms with E-state index in [2.05, 4.69) is 5.10 Å². The van der Waals surface area contributed by atoms with E-state index < -0.39 is 5.97 Å². The first kappa shape index (κ1) is 11.1. The third-order valence-corrected chi connectivity index (χ3v) is 2.78. The van der Waals surface area contributed by atoms with E-state index in [0.29, 0.717) is 0 Å². The summed E-state index contributed by atoms with van der Waals surface area (Å²) in [7, 11) is 0. The molecule has 0 unspecified atom stereocenters. The van der Waals surface area contributed by atoms with Crippen molar-refractivity contribution >= 4 is 5.97 Å². The Bertz CT molecular complexity index is 333. The zero-order valence-electron chi connectivity index (χ0n) is 9.25. The van der Waals surface area contributed by atoms with Crippen LogP contribution < -0.4 is 0 Å². The number of rotatable bonds is 7. The van der Waals surface area contributed by atoms with Crippen molar-refractivity contribution in [3.63, 3.8) is 0 Å². The van der Waals surface area contributed by atoms with Crippen molar-refractivity contribution in [1.29, 1.82) is 0 Å². The number of hydrogen-bond donors (Lipinski definition) is 1. The summed E-state index contributed by atoms with van der Waals surface area (Å²) in [5, 5.41) is 12.9. The van der Waals surface area contributed by atoms with Gasteiger partial charge in [0.05, 0.1) is 13.1 Å². The van der Waals surface area contributed by atoms with Gasteiger partial charge < -0.3 is 5.11 Å². The van der Waals surface area contributed by atoms with Gasteiger partial charge in [-0.15, -0.1) is 0 Å². The predicted molar refractivity (Wildman–Crippen MR) is 59.0 cm³/mol. The summed E-state index contributed by atoms with van der Waals surface area (Å²) in [4.78, 5) is 12.7. The van der Waals surface area contributed by atoms with Crippen molar-refractivity contribution in [1.82, 2.24) is 14.7 Å². The highest BCUT2D eigenvalue weighted by Crippen LogP contribution is 2.29. The SMILES string of the molecule is O=C(O)CN(CCn1cccn1)CC1CC1. The van der Waals surface area contributed by atoms with E-state index in [1.807, 2.05) is 21.8 Å². The number of aromatic nitrogens is 2. The number of carboxylic acid groups (broad SMARTS) is 1. The molecule has 0 saturated heterocycles. The van der Waals surface area contributed by atoms with Crippen molar-refractivity contribution < 1.29 is 9.90 Å². The van der Waals surface area contributed by atoms with Crippen LogP contribution in [0.5, 0.6) is 0 Å². The molecule has 88 valence electrons. The van der Waals surface area contributed by atoms with Gasteiger partial charge in [0.1, 0.15) is 0 Å². The van der Waals surface area contributed by atoms with Crippen molar-refractivity contribution in [2.24, 2.45) is 5.92 Å².